The second kappa shape index (κ2) is 11.5. The standard InChI is InChI=1S/C26H35N3O6/c1-17-21(12-14-33-17)35-25(32)27-19(15-26(2,3)18-9-7-6-8-10-18)24(31)28-23-20(30)16-34-22(23)11-13-29(4)5/h6-10,12,14,19,22-23H,11,13,15-16H2,1-5H3,(H,27,32)(H,28,31)/t19-,22?,23?/m0/s1. The topological polar surface area (TPSA) is 110 Å². The lowest BCUT2D eigenvalue weighted by Crippen LogP contribution is -2.55. The predicted molar refractivity (Wildman–Crippen MR) is 130 cm³/mol. The maximum atomic E-state index is 13.4. The molecule has 1 aliphatic heterocycles. The molecular weight excluding hydrogens is 450 g/mol. The summed E-state index contributed by atoms with van der Waals surface area (Å²) in [6, 6.07) is 9.56. The van der Waals surface area contributed by atoms with Gasteiger partial charge in [0.05, 0.1) is 12.4 Å². The average Bonchev–Trinajstić information content (AvgIpc) is 3.37. The Morgan fingerprint density at radius 3 is 2.54 bits per heavy atom. The Morgan fingerprint density at radius 2 is 1.91 bits per heavy atom. The van der Waals surface area contributed by atoms with Gasteiger partial charge in [-0.15, -0.1) is 0 Å². The Labute approximate surface area is 206 Å². The normalized spacial score (nSPS) is 19.0. The van der Waals surface area contributed by atoms with Crippen molar-refractivity contribution >= 4 is 17.8 Å². The smallest absolute Gasteiger partial charge is 0.413 e. The zero-order valence-corrected chi connectivity index (χ0v) is 21.0. The summed E-state index contributed by atoms with van der Waals surface area (Å²) >= 11 is 0. The first-order valence-electron chi connectivity index (χ1n) is 11.7. The van der Waals surface area contributed by atoms with Crippen molar-refractivity contribution in [3.05, 3.63) is 54.0 Å². The number of Topliss-reactive ketones (excluding diaryl/α,β-unsaturated/α-hetero) is 1. The van der Waals surface area contributed by atoms with Gasteiger partial charge in [-0.3, -0.25) is 9.59 Å². The number of benzene rings is 1. The van der Waals surface area contributed by atoms with E-state index in [-0.39, 0.29) is 24.6 Å². The Bertz CT molecular complexity index is 1020. The van der Waals surface area contributed by atoms with Crippen molar-refractivity contribution in [2.45, 2.75) is 57.2 Å². The molecule has 1 saturated heterocycles. The van der Waals surface area contributed by atoms with Crippen LogP contribution in [0.2, 0.25) is 0 Å². The van der Waals surface area contributed by atoms with Gasteiger partial charge < -0.3 is 29.4 Å². The van der Waals surface area contributed by atoms with Crippen LogP contribution in [0.1, 0.15) is 38.0 Å². The summed E-state index contributed by atoms with van der Waals surface area (Å²) in [6.07, 6.45) is 1.10. The van der Waals surface area contributed by atoms with Gasteiger partial charge >= 0.3 is 6.09 Å². The van der Waals surface area contributed by atoms with Crippen molar-refractivity contribution in [2.75, 3.05) is 27.2 Å². The Morgan fingerprint density at radius 1 is 1.20 bits per heavy atom. The van der Waals surface area contributed by atoms with Crippen molar-refractivity contribution in [1.29, 1.82) is 0 Å². The molecule has 0 spiro atoms. The van der Waals surface area contributed by atoms with Gasteiger partial charge in [0, 0.05) is 12.6 Å². The van der Waals surface area contributed by atoms with Gasteiger partial charge in [0.2, 0.25) is 5.91 Å². The maximum absolute atomic E-state index is 13.4. The summed E-state index contributed by atoms with van der Waals surface area (Å²) in [5.41, 5.74) is 0.561. The Kier molecular flexibility index (Phi) is 8.69. The summed E-state index contributed by atoms with van der Waals surface area (Å²) in [5, 5.41) is 5.52. The van der Waals surface area contributed by atoms with Gasteiger partial charge in [-0.05, 0) is 44.8 Å². The van der Waals surface area contributed by atoms with Crippen LogP contribution in [0.3, 0.4) is 0 Å². The zero-order valence-electron chi connectivity index (χ0n) is 21.0. The van der Waals surface area contributed by atoms with E-state index in [0.29, 0.717) is 18.7 Å². The largest absolute Gasteiger partial charge is 0.466 e. The van der Waals surface area contributed by atoms with Crippen LogP contribution < -0.4 is 15.4 Å². The SMILES string of the molecule is Cc1occc1OC(=O)N[C@@H](CC(C)(C)c1ccccc1)C(=O)NC1C(=O)COC1CCN(C)C. The number of ketones is 1. The number of hydrogen-bond acceptors (Lipinski definition) is 7. The predicted octanol–water partition coefficient (Wildman–Crippen LogP) is 2.82. The molecule has 2 unspecified atom stereocenters. The van der Waals surface area contributed by atoms with Gasteiger partial charge in [0.15, 0.2) is 11.5 Å². The maximum Gasteiger partial charge on any atom is 0.413 e. The molecule has 0 bridgehead atoms. The third kappa shape index (κ3) is 7.16. The second-order valence-electron chi connectivity index (χ2n) is 9.78. The van der Waals surface area contributed by atoms with Crippen LogP contribution in [0.5, 0.6) is 5.75 Å². The van der Waals surface area contributed by atoms with E-state index in [2.05, 4.69) is 10.6 Å². The van der Waals surface area contributed by atoms with E-state index in [0.717, 1.165) is 5.56 Å². The monoisotopic (exact) mass is 485 g/mol. The summed E-state index contributed by atoms with van der Waals surface area (Å²) in [4.78, 5) is 40.6. The molecule has 1 aromatic heterocycles. The summed E-state index contributed by atoms with van der Waals surface area (Å²) in [5.74, 6) is 0.0728. The van der Waals surface area contributed by atoms with Gasteiger partial charge in [0.25, 0.3) is 0 Å². The van der Waals surface area contributed by atoms with Gasteiger partial charge in [-0.2, -0.15) is 0 Å². The van der Waals surface area contributed by atoms with E-state index in [1.807, 2.05) is 63.2 Å². The van der Waals surface area contributed by atoms with E-state index >= 15 is 0 Å². The van der Waals surface area contributed by atoms with E-state index in [1.54, 1.807) is 6.92 Å². The second-order valence-corrected chi connectivity index (χ2v) is 9.78. The van der Waals surface area contributed by atoms with E-state index < -0.39 is 35.6 Å². The third-order valence-corrected chi connectivity index (χ3v) is 6.21. The molecule has 2 N–H and O–H groups in total. The van der Waals surface area contributed by atoms with E-state index in [1.165, 1.54) is 12.3 Å². The molecule has 9 heteroatoms. The molecule has 3 rings (SSSR count). The minimum Gasteiger partial charge on any atom is -0.466 e. The number of nitrogens with one attached hydrogen (secondary N) is 2. The zero-order chi connectivity index (χ0) is 25.6. The quantitative estimate of drug-likeness (QED) is 0.532. The molecule has 1 aromatic carbocycles. The van der Waals surface area contributed by atoms with Crippen molar-refractivity contribution < 1.29 is 28.3 Å². The van der Waals surface area contributed by atoms with E-state index in [9.17, 15) is 14.4 Å². The molecule has 2 heterocycles. The fourth-order valence-electron chi connectivity index (χ4n) is 4.12. The molecule has 2 aromatic rings. The molecule has 9 nitrogen and oxygen atoms in total. The van der Waals surface area contributed by atoms with Crippen LogP contribution in [0.4, 0.5) is 4.79 Å². The minimum atomic E-state index is -0.951. The number of carbonyl (C=O) groups excluding carboxylic acids is 3. The molecule has 1 fully saturated rings. The highest BCUT2D eigenvalue weighted by Crippen LogP contribution is 2.29. The summed E-state index contributed by atoms with van der Waals surface area (Å²) in [6.45, 7) is 6.34. The van der Waals surface area contributed by atoms with Crippen LogP contribution >= 0.6 is 0 Å². The van der Waals surface area contributed by atoms with Crippen molar-refractivity contribution in [3.63, 3.8) is 0 Å². The van der Waals surface area contributed by atoms with Crippen LogP contribution in [0, 0.1) is 6.92 Å². The summed E-state index contributed by atoms with van der Waals surface area (Å²) in [7, 11) is 3.87. The molecule has 0 aliphatic carbocycles. The number of carbonyl (C=O) groups is 3. The number of rotatable bonds is 10. The lowest BCUT2D eigenvalue weighted by molar-refractivity contribution is -0.128. The highest BCUT2D eigenvalue weighted by atomic mass is 16.6. The molecule has 2 amide bonds. The van der Waals surface area contributed by atoms with Crippen LogP contribution in [0.25, 0.3) is 0 Å². The van der Waals surface area contributed by atoms with Crippen molar-refractivity contribution in [3.8, 4) is 5.75 Å². The third-order valence-electron chi connectivity index (χ3n) is 6.21. The molecule has 190 valence electrons. The highest BCUT2D eigenvalue weighted by Gasteiger charge is 2.39. The fraction of sp³-hybridized carbons (Fsp3) is 0.500. The first kappa shape index (κ1) is 26.4. The number of hydrogen-bond donors (Lipinski definition) is 2. The molecule has 35 heavy (non-hydrogen) atoms. The molecular formula is C26H35N3O6. The van der Waals surface area contributed by atoms with Crippen molar-refractivity contribution in [1.82, 2.24) is 15.5 Å². The molecule has 1 aliphatic rings. The van der Waals surface area contributed by atoms with Gasteiger partial charge in [0.1, 0.15) is 24.5 Å². The van der Waals surface area contributed by atoms with Gasteiger partial charge in [-0.1, -0.05) is 44.2 Å². The fourth-order valence-corrected chi connectivity index (χ4v) is 4.12. The summed E-state index contributed by atoms with van der Waals surface area (Å²) < 4.78 is 16.1. The molecule has 0 saturated carbocycles. The number of ether oxygens (including phenoxy) is 2. The Hall–Kier alpha value is -3.17. The lowest BCUT2D eigenvalue weighted by Gasteiger charge is -2.31. The number of furan rings is 1. The first-order valence-corrected chi connectivity index (χ1v) is 11.7. The van der Waals surface area contributed by atoms with Gasteiger partial charge in [-0.25, -0.2) is 4.79 Å². The van der Waals surface area contributed by atoms with Crippen LogP contribution in [-0.2, 0) is 19.7 Å². The first-order chi connectivity index (χ1) is 16.6. The Balaban J connectivity index is 1.76. The van der Waals surface area contributed by atoms with Crippen molar-refractivity contribution in [2.24, 2.45) is 0 Å². The number of amides is 2. The van der Waals surface area contributed by atoms with Crippen LogP contribution in [-0.4, -0.2) is 68.1 Å². The molecule has 3 atom stereocenters. The number of nitrogens with zero attached hydrogens (tertiary/aromatic N) is 1. The number of aryl methyl sites for hydroxylation is 1. The van der Waals surface area contributed by atoms with E-state index in [4.69, 9.17) is 13.9 Å². The average molecular weight is 486 g/mol. The van der Waals surface area contributed by atoms with Crippen LogP contribution in [0.15, 0.2) is 47.1 Å². The minimum absolute atomic E-state index is 0.0432. The molecule has 0 radical (unpaired) electrons. The highest BCUT2D eigenvalue weighted by molar-refractivity contribution is 5.94. The lowest BCUT2D eigenvalue weighted by atomic mass is 9.79.